The lowest BCUT2D eigenvalue weighted by atomic mass is 10.3. The first-order valence-corrected chi connectivity index (χ1v) is 4.25. The van der Waals surface area contributed by atoms with E-state index in [0.29, 0.717) is 6.42 Å². The molecule has 0 aliphatic carbocycles. The predicted molar refractivity (Wildman–Crippen MR) is 48.5 cm³/mol. The molecule has 0 radical (unpaired) electrons. The number of hydrogen-bond donors (Lipinski definition) is 1. The van der Waals surface area contributed by atoms with E-state index in [1.807, 2.05) is 0 Å². The first kappa shape index (κ1) is 9.35. The minimum atomic E-state index is -0.103. The van der Waals surface area contributed by atoms with Gasteiger partial charge in [0.25, 0.3) is 0 Å². The molecule has 0 aromatic rings. The molecule has 0 unspecified atom stereocenters. The van der Waals surface area contributed by atoms with E-state index in [1.54, 1.807) is 0 Å². The molecular weight excluding hydrogens is 154 g/mol. The zero-order valence-electron chi connectivity index (χ0n) is 7.25. The summed E-state index contributed by atoms with van der Waals surface area (Å²) in [7, 11) is 0. The van der Waals surface area contributed by atoms with Crippen LogP contribution in [0.4, 0.5) is 0 Å². The topological polar surface area (TPSA) is 44.7 Å². The van der Waals surface area contributed by atoms with E-state index in [0.717, 1.165) is 32.7 Å². The van der Waals surface area contributed by atoms with Crippen LogP contribution < -0.4 is 5.32 Å². The van der Waals surface area contributed by atoms with Crippen LogP contribution in [0.2, 0.25) is 0 Å². The maximum absolute atomic E-state index is 10.8. The molecule has 4 heteroatoms. The Labute approximate surface area is 72.7 Å². The van der Waals surface area contributed by atoms with Crippen molar-refractivity contribution in [1.82, 2.24) is 10.2 Å². The smallest absolute Gasteiger partial charge is 0.246 e. The van der Waals surface area contributed by atoms with Gasteiger partial charge in [-0.15, -0.1) is 0 Å². The number of nitrogens with one attached hydrogen (secondary N) is 1. The van der Waals surface area contributed by atoms with Crippen molar-refractivity contribution < 1.29 is 4.79 Å². The monoisotopic (exact) mass is 169 g/mol. The van der Waals surface area contributed by atoms with Gasteiger partial charge < -0.3 is 10.2 Å². The van der Waals surface area contributed by atoms with Crippen LogP contribution in [-0.2, 0) is 4.79 Å². The Morgan fingerprint density at radius 1 is 1.50 bits per heavy atom. The number of amides is 1. The fourth-order valence-corrected chi connectivity index (χ4v) is 1.27. The van der Waals surface area contributed by atoms with Gasteiger partial charge in [0.15, 0.2) is 0 Å². The highest BCUT2D eigenvalue weighted by Gasteiger charge is 2.09. The number of piperazine rings is 1. The molecule has 0 aromatic heterocycles. The number of aliphatic imine (C=N–C) groups is 1. The molecule has 0 spiro atoms. The Bertz CT molecular complexity index is 164. The minimum absolute atomic E-state index is 0.103. The summed E-state index contributed by atoms with van der Waals surface area (Å²) < 4.78 is 0. The lowest BCUT2D eigenvalue weighted by Crippen LogP contribution is -2.44. The van der Waals surface area contributed by atoms with Crippen LogP contribution in [0, 0.1) is 0 Å². The Balaban J connectivity index is 2.12. The molecule has 68 valence electrons. The number of carbonyl (C=O) groups is 1. The molecule has 0 aromatic carbocycles. The van der Waals surface area contributed by atoms with Crippen molar-refractivity contribution in [2.24, 2.45) is 4.99 Å². The average molecular weight is 169 g/mol. The van der Waals surface area contributed by atoms with Crippen LogP contribution >= 0.6 is 0 Å². The van der Waals surface area contributed by atoms with E-state index in [2.05, 4.69) is 21.9 Å². The van der Waals surface area contributed by atoms with E-state index < -0.39 is 0 Å². The van der Waals surface area contributed by atoms with Crippen molar-refractivity contribution >= 4 is 12.6 Å². The van der Waals surface area contributed by atoms with Crippen LogP contribution in [0.15, 0.2) is 4.99 Å². The third-order valence-corrected chi connectivity index (χ3v) is 2.03. The summed E-state index contributed by atoms with van der Waals surface area (Å²) in [5.41, 5.74) is 0. The summed E-state index contributed by atoms with van der Waals surface area (Å²) >= 11 is 0. The highest BCUT2D eigenvalue weighted by atomic mass is 16.1. The van der Waals surface area contributed by atoms with Crippen molar-refractivity contribution in [1.29, 1.82) is 0 Å². The molecule has 0 saturated carbocycles. The number of nitrogens with zero attached hydrogens (tertiary/aromatic N) is 2. The van der Waals surface area contributed by atoms with Crippen LogP contribution in [0.25, 0.3) is 0 Å². The first-order valence-electron chi connectivity index (χ1n) is 4.25. The van der Waals surface area contributed by atoms with E-state index >= 15 is 0 Å². The molecule has 1 aliphatic rings. The molecule has 1 N–H and O–H groups in total. The second-order valence-electron chi connectivity index (χ2n) is 2.89. The van der Waals surface area contributed by atoms with Gasteiger partial charge in [0, 0.05) is 39.1 Å². The summed E-state index contributed by atoms with van der Waals surface area (Å²) in [4.78, 5) is 16.4. The van der Waals surface area contributed by atoms with Gasteiger partial charge in [0.2, 0.25) is 5.91 Å². The highest BCUT2D eigenvalue weighted by molar-refractivity contribution is 5.80. The Kier molecular flexibility index (Phi) is 3.90. The molecule has 0 atom stereocenters. The molecule has 1 saturated heterocycles. The molecule has 1 rings (SSSR count). The van der Waals surface area contributed by atoms with Gasteiger partial charge in [0.05, 0.1) is 0 Å². The average Bonchev–Trinajstić information content (AvgIpc) is 2.16. The van der Waals surface area contributed by atoms with Crippen molar-refractivity contribution in [2.75, 3.05) is 32.7 Å². The van der Waals surface area contributed by atoms with Gasteiger partial charge >= 0.3 is 0 Å². The van der Waals surface area contributed by atoms with Gasteiger partial charge in [-0.2, -0.15) is 0 Å². The van der Waals surface area contributed by atoms with E-state index in [-0.39, 0.29) is 5.91 Å². The van der Waals surface area contributed by atoms with E-state index in [4.69, 9.17) is 0 Å². The van der Waals surface area contributed by atoms with Crippen LogP contribution in [0.5, 0.6) is 0 Å². The van der Waals surface area contributed by atoms with E-state index in [1.165, 1.54) is 0 Å². The Morgan fingerprint density at radius 3 is 2.75 bits per heavy atom. The fraction of sp³-hybridized carbons (Fsp3) is 0.750. The number of hydrogen-bond acceptors (Lipinski definition) is 3. The van der Waals surface area contributed by atoms with Crippen molar-refractivity contribution in [2.45, 2.75) is 6.42 Å². The van der Waals surface area contributed by atoms with Gasteiger partial charge in [-0.25, -0.2) is 4.99 Å². The van der Waals surface area contributed by atoms with E-state index in [9.17, 15) is 4.79 Å². The van der Waals surface area contributed by atoms with Gasteiger partial charge in [-0.05, 0) is 6.72 Å². The van der Waals surface area contributed by atoms with Gasteiger partial charge in [-0.3, -0.25) is 4.79 Å². The summed E-state index contributed by atoms with van der Waals surface area (Å²) in [6, 6.07) is 0. The Morgan fingerprint density at radius 2 is 2.17 bits per heavy atom. The SMILES string of the molecule is C=NC(=O)CCN1CCNCC1. The van der Waals surface area contributed by atoms with Crippen LogP contribution in [0.1, 0.15) is 6.42 Å². The van der Waals surface area contributed by atoms with Gasteiger partial charge in [0.1, 0.15) is 0 Å². The lowest BCUT2D eigenvalue weighted by molar-refractivity contribution is -0.118. The molecule has 1 aliphatic heterocycles. The van der Waals surface area contributed by atoms with Crippen molar-refractivity contribution in [3.8, 4) is 0 Å². The van der Waals surface area contributed by atoms with Crippen molar-refractivity contribution in [3.05, 3.63) is 0 Å². The minimum Gasteiger partial charge on any atom is -0.314 e. The van der Waals surface area contributed by atoms with Crippen LogP contribution in [-0.4, -0.2) is 50.2 Å². The molecule has 0 bridgehead atoms. The summed E-state index contributed by atoms with van der Waals surface area (Å²) in [6.45, 7) is 8.12. The Hall–Kier alpha value is -0.740. The second-order valence-corrected chi connectivity index (χ2v) is 2.89. The maximum atomic E-state index is 10.8. The molecule has 1 amide bonds. The fourth-order valence-electron chi connectivity index (χ4n) is 1.27. The number of rotatable bonds is 3. The maximum Gasteiger partial charge on any atom is 0.246 e. The third-order valence-electron chi connectivity index (χ3n) is 2.03. The van der Waals surface area contributed by atoms with Gasteiger partial charge in [-0.1, -0.05) is 0 Å². The predicted octanol–water partition coefficient (Wildman–Crippen LogP) is -0.491. The quantitative estimate of drug-likeness (QED) is 0.580. The first-order chi connectivity index (χ1) is 5.83. The lowest BCUT2D eigenvalue weighted by Gasteiger charge is -2.26. The summed E-state index contributed by atoms with van der Waals surface area (Å²) in [6.07, 6.45) is 0.503. The number of carbonyl (C=O) groups excluding carboxylic acids is 1. The summed E-state index contributed by atoms with van der Waals surface area (Å²) in [5, 5.41) is 3.25. The van der Waals surface area contributed by atoms with Crippen molar-refractivity contribution in [3.63, 3.8) is 0 Å². The molecule has 1 heterocycles. The zero-order chi connectivity index (χ0) is 8.81. The second kappa shape index (κ2) is 5.00. The largest absolute Gasteiger partial charge is 0.314 e. The zero-order valence-corrected chi connectivity index (χ0v) is 7.25. The third kappa shape index (κ3) is 3.11. The van der Waals surface area contributed by atoms with Crippen LogP contribution in [0.3, 0.4) is 0 Å². The summed E-state index contributed by atoms with van der Waals surface area (Å²) in [5.74, 6) is -0.103. The molecule has 1 fully saturated rings. The highest BCUT2D eigenvalue weighted by Crippen LogP contribution is 1.95. The molecular formula is C8H15N3O. The normalized spacial score (nSPS) is 19.0. The molecule has 12 heavy (non-hydrogen) atoms. The standard InChI is InChI=1S/C8H15N3O/c1-9-8(12)2-5-11-6-3-10-4-7-11/h10H,1-7H2. The molecule has 4 nitrogen and oxygen atoms in total.